The second-order valence-corrected chi connectivity index (χ2v) is 8.60. The third kappa shape index (κ3) is 4.07. The highest BCUT2D eigenvalue weighted by Crippen LogP contribution is 2.46. The lowest BCUT2D eigenvalue weighted by atomic mass is 9.93. The zero-order chi connectivity index (χ0) is 18.8. The topological polar surface area (TPSA) is 80.9 Å². The predicted molar refractivity (Wildman–Crippen MR) is 105 cm³/mol. The summed E-state index contributed by atoms with van der Waals surface area (Å²) in [5.74, 6) is 0.123. The molecule has 2 aromatic carbocycles. The number of thioether (sulfide) groups is 1. The van der Waals surface area contributed by atoms with E-state index in [1.165, 1.54) is 22.9 Å². The SMILES string of the molecule is Cc1ccc(Cc2cc([C@@H]3S[C@H](CO)C[C@H](O)[C@H]3O)c(O)cc2C)cc1. The van der Waals surface area contributed by atoms with E-state index < -0.39 is 17.5 Å². The summed E-state index contributed by atoms with van der Waals surface area (Å²) in [6.07, 6.45) is -0.788. The van der Waals surface area contributed by atoms with Crippen LogP contribution < -0.4 is 0 Å². The third-order valence-electron chi connectivity index (χ3n) is 5.06. The average molecular weight is 375 g/mol. The zero-order valence-electron chi connectivity index (χ0n) is 15.1. The van der Waals surface area contributed by atoms with E-state index in [9.17, 15) is 20.4 Å². The lowest BCUT2D eigenvalue weighted by Gasteiger charge is -2.36. The maximum absolute atomic E-state index is 10.5. The van der Waals surface area contributed by atoms with Gasteiger partial charge < -0.3 is 20.4 Å². The molecular formula is C21H26O4S. The number of phenolic OH excluding ortho intramolecular Hbond substituents is 1. The highest BCUT2D eigenvalue weighted by molar-refractivity contribution is 8.00. The predicted octanol–water partition coefficient (Wildman–Crippen LogP) is 2.86. The van der Waals surface area contributed by atoms with Crippen molar-refractivity contribution in [3.05, 3.63) is 64.2 Å². The molecule has 1 saturated heterocycles. The molecule has 4 nitrogen and oxygen atoms in total. The number of hydrogen-bond acceptors (Lipinski definition) is 5. The molecule has 140 valence electrons. The van der Waals surface area contributed by atoms with E-state index in [2.05, 4.69) is 31.2 Å². The smallest absolute Gasteiger partial charge is 0.120 e. The van der Waals surface area contributed by atoms with E-state index in [0.717, 1.165) is 17.5 Å². The Bertz CT molecular complexity index is 759. The number of benzene rings is 2. The first-order chi connectivity index (χ1) is 12.4. The van der Waals surface area contributed by atoms with Crippen molar-refractivity contribution in [2.24, 2.45) is 0 Å². The minimum Gasteiger partial charge on any atom is -0.508 e. The number of aryl methyl sites for hydroxylation is 2. The van der Waals surface area contributed by atoms with Gasteiger partial charge in [0.05, 0.1) is 24.1 Å². The van der Waals surface area contributed by atoms with Gasteiger partial charge in [-0.05, 0) is 49.4 Å². The van der Waals surface area contributed by atoms with Crippen LogP contribution >= 0.6 is 11.8 Å². The summed E-state index contributed by atoms with van der Waals surface area (Å²) in [5, 5.41) is 39.9. The van der Waals surface area contributed by atoms with Gasteiger partial charge in [-0.15, -0.1) is 11.8 Å². The maximum atomic E-state index is 10.5. The highest BCUT2D eigenvalue weighted by Gasteiger charge is 2.38. The minimum atomic E-state index is -0.969. The lowest BCUT2D eigenvalue weighted by molar-refractivity contribution is 0.00497. The Balaban J connectivity index is 1.93. The standard InChI is InChI=1S/C21H26O4S/c1-12-3-5-14(6-4-12)8-15-9-17(18(23)7-13(15)2)21-20(25)19(24)10-16(11-22)26-21/h3-7,9,16,19-25H,8,10-11H2,1-2H3/t16-,19-,20+,21-/m0/s1. The first-order valence-corrected chi connectivity index (χ1v) is 9.83. The first kappa shape index (κ1) is 19.2. The molecule has 1 aliphatic rings. The van der Waals surface area contributed by atoms with Gasteiger partial charge in [-0.1, -0.05) is 35.9 Å². The van der Waals surface area contributed by atoms with E-state index in [-0.39, 0.29) is 17.6 Å². The summed E-state index contributed by atoms with van der Waals surface area (Å²) < 4.78 is 0. The molecule has 3 rings (SSSR count). The molecule has 5 heteroatoms. The van der Waals surface area contributed by atoms with E-state index in [1.807, 2.05) is 13.0 Å². The first-order valence-electron chi connectivity index (χ1n) is 8.89. The molecule has 0 aromatic heterocycles. The Morgan fingerprint density at radius 2 is 1.77 bits per heavy atom. The Morgan fingerprint density at radius 1 is 1.08 bits per heavy atom. The van der Waals surface area contributed by atoms with Crippen LogP contribution in [0.25, 0.3) is 0 Å². The number of aromatic hydroxyl groups is 1. The second kappa shape index (κ2) is 8.01. The number of aliphatic hydroxyl groups excluding tert-OH is 3. The van der Waals surface area contributed by atoms with E-state index in [0.29, 0.717) is 12.0 Å². The Morgan fingerprint density at radius 3 is 2.42 bits per heavy atom. The molecule has 0 bridgehead atoms. The van der Waals surface area contributed by atoms with Crippen LogP contribution in [0, 0.1) is 13.8 Å². The lowest BCUT2D eigenvalue weighted by Crippen LogP contribution is -2.39. The molecular weight excluding hydrogens is 348 g/mol. The van der Waals surface area contributed by atoms with Crippen molar-refractivity contribution in [2.75, 3.05) is 6.61 Å². The molecule has 26 heavy (non-hydrogen) atoms. The number of rotatable bonds is 4. The zero-order valence-corrected chi connectivity index (χ0v) is 15.9. The van der Waals surface area contributed by atoms with Crippen LogP contribution in [0.5, 0.6) is 5.75 Å². The van der Waals surface area contributed by atoms with Crippen molar-refractivity contribution < 1.29 is 20.4 Å². The maximum Gasteiger partial charge on any atom is 0.120 e. The molecule has 0 aliphatic carbocycles. The third-order valence-corrected chi connectivity index (χ3v) is 6.61. The summed E-state index contributed by atoms with van der Waals surface area (Å²) in [5.41, 5.74) is 5.08. The van der Waals surface area contributed by atoms with Crippen molar-refractivity contribution in [3.63, 3.8) is 0 Å². The van der Waals surface area contributed by atoms with Gasteiger partial charge in [0.2, 0.25) is 0 Å². The fraction of sp³-hybridized carbons (Fsp3) is 0.429. The molecule has 4 atom stereocenters. The van der Waals surface area contributed by atoms with Gasteiger partial charge in [0.15, 0.2) is 0 Å². The van der Waals surface area contributed by atoms with E-state index in [1.54, 1.807) is 6.07 Å². The van der Waals surface area contributed by atoms with Gasteiger partial charge in [-0.2, -0.15) is 0 Å². The van der Waals surface area contributed by atoms with Crippen LogP contribution in [0.3, 0.4) is 0 Å². The van der Waals surface area contributed by atoms with E-state index >= 15 is 0 Å². The highest BCUT2D eigenvalue weighted by atomic mass is 32.2. The van der Waals surface area contributed by atoms with Crippen molar-refractivity contribution in [3.8, 4) is 5.75 Å². The molecule has 0 unspecified atom stereocenters. The Labute approximate surface area is 158 Å². The average Bonchev–Trinajstić information content (AvgIpc) is 2.61. The monoisotopic (exact) mass is 374 g/mol. The van der Waals surface area contributed by atoms with Crippen LogP contribution in [0.15, 0.2) is 36.4 Å². The molecule has 0 amide bonds. The Hall–Kier alpha value is -1.53. The largest absolute Gasteiger partial charge is 0.508 e. The summed E-state index contributed by atoms with van der Waals surface area (Å²) >= 11 is 1.41. The summed E-state index contributed by atoms with van der Waals surface area (Å²) in [4.78, 5) is 0. The normalized spacial score (nSPS) is 26.0. The van der Waals surface area contributed by atoms with Crippen LogP contribution in [0.1, 0.15) is 39.5 Å². The van der Waals surface area contributed by atoms with Crippen molar-refractivity contribution in [1.82, 2.24) is 0 Å². The van der Waals surface area contributed by atoms with Gasteiger partial charge in [0.25, 0.3) is 0 Å². The fourth-order valence-corrected chi connectivity index (χ4v) is 4.92. The summed E-state index contributed by atoms with van der Waals surface area (Å²) in [6, 6.07) is 12.0. The molecule has 4 N–H and O–H groups in total. The summed E-state index contributed by atoms with van der Waals surface area (Å²) in [6.45, 7) is 3.95. The molecule has 0 radical (unpaired) electrons. The number of aliphatic hydroxyl groups is 3. The van der Waals surface area contributed by atoms with Gasteiger partial charge in [-0.3, -0.25) is 0 Å². The molecule has 0 spiro atoms. The van der Waals surface area contributed by atoms with Crippen molar-refractivity contribution in [1.29, 1.82) is 0 Å². The second-order valence-electron chi connectivity index (χ2n) is 7.15. The van der Waals surface area contributed by atoms with Crippen LogP contribution in [-0.4, -0.2) is 44.5 Å². The number of phenols is 1. The van der Waals surface area contributed by atoms with Crippen molar-refractivity contribution in [2.45, 2.75) is 49.4 Å². The van der Waals surface area contributed by atoms with Crippen molar-refractivity contribution >= 4 is 11.8 Å². The number of hydrogen-bond donors (Lipinski definition) is 4. The van der Waals surface area contributed by atoms with Crippen LogP contribution in [0.2, 0.25) is 0 Å². The molecule has 1 fully saturated rings. The molecule has 1 aliphatic heterocycles. The molecule has 0 saturated carbocycles. The molecule has 1 heterocycles. The fourth-order valence-electron chi connectivity index (χ4n) is 3.43. The van der Waals surface area contributed by atoms with Gasteiger partial charge in [0, 0.05) is 10.8 Å². The summed E-state index contributed by atoms with van der Waals surface area (Å²) in [7, 11) is 0. The van der Waals surface area contributed by atoms with Crippen LogP contribution in [0.4, 0.5) is 0 Å². The van der Waals surface area contributed by atoms with Gasteiger partial charge in [0.1, 0.15) is 5.75 Å². The Kier molecular flexibility index (Phi) is 5.92. The van der Waals surface area contributed by atoms with Crippen LogP contribution in [-0.2, 0) is 6.42 Å². The van der Waals surface area contributed by atoms with E-state index in [4.69, 9.17) is 0 Å². The van der Waals surface area contributed by atoms with Gasteiger partial charge >= 0.3 is 0 Å². The quantitative estimate of drug-likeness (QED) is 0.662. The van der Waals surface area contributed by atoms with Gasteiger partial charge in [-0.25, -0.2) is 0 Å². The molecule has 2 aromatic rings. The minimum absolute atomic E-state index is 0.0617.